The average molecular weight is 514 g/mol. The van der Waals surface area contributed by atoms with Gasteiger partial charge in [0.1, 0.15) is 0 Å². The van der Waals surface area contributed by atoms with Crippen LogP contribution in [0.1, 0.15) is 44.9 Å². The number of piperidine rings is 1. The highest BCUT2D eigenvalue weighted by Crippen LogP contribution is 2.38. The van der Waals surface area contributed by atoms with Crippen LogP contribution in [0, 0.1) is 5.92 Å². The molecule has 0 unspecified atom stereocenters. The fraction of sp³-hybridized carbons (Fsp3) is 0.444. The summed E-state index contributed by atoms with van der Waals surface area (Å²) < 4.78 is 31.3. The summed E-state index contributed by atoms with van der Waals surface area (Å²) in [7, 11) is -1.79. The van der Waals surface area contributed by atoms with Gasteiger partial charge in [0.05, 0.1) is 21.1 Å². The molecule has 2 aromatic carbocycles. The quantitative estimate of drug-likeness (QED) is 0.500. The maximum atomic E-state index is 13.3. The number of rotatable bonds is 5. The van der Waals surface area contributed by atoms with Crippen LogP contribution in [0.5, 0.6) is 0 Å². The Kier molecular flexibility index (Phi) is 6.93. The number of likely N-dealkylation sites (tertiary alicyclic amines) is 1. The maximum absolute atomic E-state index is 13.3. The van der Waals surface area contributed by atoms with Gasteiger partial charge in [0.15, 0.2) is 0 Å². The molecule has 1 N–H and O–H groups in total. The second kappa shape index (κ2) is 9.96. The summed E-state index contributed by atoms with van der Waals surface area (Å²) in [6.45, 7) is 1.73. The molecule has 0 atom stereocenters. The van der Waals surface area contributed by atoms with Crippen molar-refractivity contribution in [3.63, 3.8) is 0 Å². The highest BCUT2D eigenvalue weighted by Gasteiger charge is 2.32. The molecular formula is C27H32ClN3O3S. The molecule has 2 heterocycles. The van der Waals surface area contributed by atoms with Gasteiger partial charge in [-0.1, -0.05) is 41.9 Å². The standard InChI is InChI=1S/C27H32ClN3O3S/c1-30-24-18-22(14-15-23(24)25(28)26(30)19-8-4-2-5-9-19)35(33,34)29-21-12-10-20(11-13-21)27(32)31-16-6-3-7-17-31/h2,4-5,8-9,14-15,18,20-21,29H,3,6-7,10-13,16-17H2,1H3/t20-,21-. The van der Waals surface area contributed by atoms with Crippen LogP contribution in [-0.4, -0.2) is 42.9 Å². The van der Waals surface area contributed by atoms with E-state index in [1.54, 1.807) is 18.2 Å². The number of amides is 1. The molecule has 1 aliphatic carbocycles. The van der Waals surface area contributed by atoms with Crippen molar-refractivity contribution in [2.75, 3.05) is 13.1 Å². The molecular weight excluding hydrogens is 482 g/mol. The molecule has 3 aromatic rings. The van der Waals surface area contributed by atoms with Crippen molar-refractivity contribution in [1.82, 2.24) is 14.2 Å². The van der Waals surface area contributed by atoms with E-state index in [0.29, 0.717) is 17.9 Å². The van der Waals surface area contributed by atoms with Crippen molar-refractivity contribution in [2.45, 2.75) is 55.9 Å². The number of halogens is 1. The smallest absolute Gasteiger partial charge is 0.240 e. The molecule has 0 spiro atoms. The predicted octanol–water partition coefficient (Wildman–Crippen LogP) is 5.35. The van der Waals surface area contributed by atoms with E-state index in [1.165, 1.54) is 6.42 Å². The first-order chi connectivity index (χ1) is 16.8. The Bertz CT molecular complexity index is 1320. The number of aromatic nitrogens is 1. The SMILES string of the molecule is Cn1c(-c2ccccc2)c(Cl)c2ccc(S(=O)(=O)N[C@H]3CC[C@H](C(=O)N4CCCCC4)CC3)cc21. The van der Waals surface area contributed by atoms with Crippen molar-refractivity contribution in [3.05, 3.63) is 53.6 Å². The summed E-state index contributed by atoms with van der Waals surface area (Å²) >= 11 is 6.70. The van der Waals surface area contributed by atoms with Crippen LogP contribution in [0.3, 0.4) is 0 Å². The van der Waals surface area contributed by atoms with Gasteiger partial charge in [-0.2, -0.15) is 0 Å². The van der Waals surface area contributed by atoms with Gasteiger partial charge in [-0.3, -0.25) is 4.79 Å². The molecule has 1 saturated carbocycles. The number of fused-ring (bicyclic) bond motifs is 1. The van der Waals surface area contributed by atoms with Crippen LogP contribution in [0.4, 0.5) is 0 Å². The number of carbonyl (C=O) groups is 1. The van der Waals surface area contributed by atoms with Crippen molar-refractivity contribution < 1.29 is 13.2 Å². The molecule has 186 valence electrons. The molecule has 8 heteroatoms. The number of carbonyl (C=O) groups excluding carboxylic acids is 1. The minimum absolute atomic E-state index is 0.0205. The van der Waals surface area contributed by atoms with E-state index in [2.05, 4.69) is 4.72 Å². The Hall–Kier alpha value is -2.35. The van der Waals surface area contributed by atoms with E-state index in [1.807, 2.05) is 46.8 Å². The van der Waals surface area contributed by atoms with E-state index in [-0.39, 0.29) is 22.8 Å². The van der Waals surface area contributed by atoms with Crippen molar-refractivity contribution in [3.8, 4) is 11.3 Å². The van der Waals surface area contributed by atoms with Crippen LogP contribution in [0.25, 0.3) is 22.2 Å². The minimum atomic E-state index is -3.70. The van der Waals surface area contributed by atoms with Crippen molar-refractivity contribution in [1.29, 1.82) is 0 Å². The van der Waals surface area contributed by atoms with Crippen LogP contribution in [0.15, 0.2) is 53.4 Å². The molecule has 0 bridgehead atoms. The van der Waals surface area contributed by atoms with E-state index in [9.17, 15) is 13.2 Å². The van der Waals surface area contributed by atoms with E-state index in [0.717, 1.165) is 60.9 Å². The normalized spacial score (nSPS) is 21.4. The number of nitrogens with zero attached hydrogens (tertiary/aromatic N) is 2. The lowest BCUT2D eigenvalue weighted by Crippen LogP contribution is -2.43. The van der Waals surface area contributed by atoms with Gasteiger partial charge in [0.25, 0.3) is 0 Å². The summed E-state index contributed by atoms with van der Waals surface area (Å²) in [5.74, 6) is 0.276. The van der Waals surface area contributed by atoms with Crippen molar-refractivity contribution in [2.24, 2.45) is 13.0 Å². The molecule has 2 aliphatic rings. The topological polar surface area (TPSA) is 71.4 Å². The molecule has 2 fully saturated rings. The maximum Gasteiger partial charge on any atom is 0.240 e. The molecule has 1 saturated heterocycles. The summed E-state index contributed by atoms with van der Waals surface area (Å²) in [5, 5.41) is 1.44. The third kappa shape index (κ3) is 4.86. The highest BCUT2D eigenvalue weighted by molar-refractivity contribution is 7.89. The molecule has 1 aromatic heterocycles. The average Bonchev–Trinajstić information content (AvgIpc) is 3.14. The fourth-order valence-electron chi connectivity index (χ4n) is 5.57. The van der Waals surface area contributed by atoms with Crippen LogP contribution < -0.4 is 4.72 Å². The first-order valence-corrected chi connectivity index (χ1v) is 14.4. The van der Waals surface area contributed by atoms with Gasteiger partial charge in [0, 0.05) is 37.5 Å². The number of hydrogen-bond acceptors (Lipinski definition) is 3. The number of benzene rings is 2. The van der Waals surface area contributed by atoms with Crippen LogP contribution in [-0.2, 0) is 21.9 Å². The number of sulfonamides is 1. The van der Waals surface area contributed by atoms with E-state index < -0.39 is 10.0 Å². The first kappa shape index (κ1) is 24.3. The van der Waals surface area contributed by atoms with Gasteiger partial charge < -0.3 is 9.47 Å². The minimum Gasteiger partial charge on any atom is -0.342 e. The van der Waals surface area contributed by atoms with Crippen LogP contribution >= 0.6 is 11.6 Å². The molecule has 6 nitrogen and oxygen atoms in total. The first-order valence-electron chi connectivity index (χ1n) is 12.5. The van der Waals surface area contributed by atoms with Gasteiger partial charge in [-0.25, -0.2) is 13.1 Å². The Morgan fingerprint density at radius 1 is 0.971 bits per heavy atom. The van der Waals surface area contributed by atoms with Gasteiger partial charge in [-0.15, -0.1) is 0 Å². The van der Waals surface area contributed by atoms with Crippen LogP contribution in [0.2, 0.25) is 5.02 Å². The van der Waals surface area contributed by atoms with Crippen molar-refractivity contribution >= 4 is 38.4 Å². The van der Waals surface area contributed by atoms with Gasteiger partial charge in [0.2, 0.25) is 15.9 Å². The molecule has 35 heavy (non-hydrogen) atoms. The zero-order valence-electron chi connectivity index (χ0n) is 20.0. The zero-order chi connectivity index (χ0) is 24.6. The summed E-state index contributed by atoms with van der Waals surface area (Å²) in [4.78, 5) is 15.1. The van der Waals surface area contributed by atoms with Gasteiger partial charge in [-0.05, 0) is 68.7 Å². The van der Waals surface area contributed by atoms with E-state index >= 15 is 0 Å². The second-order valence-corrected chi connectivity index (χ2v) is 11.9. The molecule has 0 radical (unpaired) electrons. The predicted molar refractivity (Wildman–Crippen MR) is 140 cm³/mol. The number of nitrogens with one attached hydrogen (secondary N) is 1. The lowest BCUT2D eigenvalue weighted by Gasteiger charge is -2.34. The Labute approximate surface area is 212 Å². The lowest BCUT2D eigenvalue weighted by atomic mass is 9.85. The number of aryl methyl sites for hydroxylation is 1. The lowest BCUT2D eigenvalue weighted by molar-refractivity contribution is -0.137. The Morgan fingerprint density at radius 2 is 1.66 bits per heavy atom. The summed E-state index contributed by atoms with van der Waals surface area (Å²) in [6, 6.07) is 14.8. The highest BCUT2D eigenvalue weighted by atomic mass is 35.5. The monoisotopic (exact) mass is 513 g/mol. The second-order valence-electron chi connectivity index (χ2n) is 9.82. The summed E-state index contributed by atoms with van der Waals surface area (Å²) in [5.41, 5.74) is 2.61. The number of hydrogen-bond donors (Lipinski definition) is 1. The third-order valence-electron chi connectivity index (χ3n) is 7.53. The fourth-order valence-corrected chi connectivity index (χ4v) is 7.29. The largest absolute Gasteiger partial charge is 0.342 e. The third-order valence-corrected chi connectivity index (χ3v) is 9.43. The van der Waals surface area contributed by atoms with Gasteiger partial charge >= 0.3 is 0 Å². The Morgan fingerprint density at radius 3 is 2.34 bits per heavy atom. The molecule has 1 amide bonds. The Balaban J connectivity index is 1.30. The zero-order valence-corrected chi connectivity index (χ0v) is 21.6. The molecule has 5 rings (SSSR count). The van der Waals surface area contributed by atoms with E-state index in [4.69, 9.17) is 11.6 Å². The summed E-state index contributed by atoms with van der Waals surface area (Å²) in [6.07, 6.45) is 6.20. The molecule has 1 aliphatic heterocycles.